The van der Waals surface area contributed by atoms with E-state index in [4.69, 9.17) is 15.0 Å². The molecule has 2 aromatic heterocycles. The van der Waals surface area contributed by atoms with Gasteiger partial charge in [-0.15, -0.1) is 0 Å². The highest BCUT2D eigenvalue weighted by atomic mass is 14.9. The molecule has 0 saturated heterocycles. The van der Waals surface area contributed by atoms with E-state index < -0.39 is 5.41 Å². The lowest BCUT2D eigenvalue weighted by molar-refractivity contribution is 0.769. The van der Waals surface area contributed by atoms with Gasteiger partial charge in [-0.1, -0.05) is 231 Å². The highest BCUT2D eigenvalue weighted by Gasteiger charge is 2.46. The van der Waals surface area contributed by atoms with Crippen molar-refractivity contribution in [3.05, 3.63) is 271 Å². The van der Waals surface area contributed by atoms with Crippen molar-refractivity contribution in [3.8, 4) is 67.3 Å². The van der Waals surface area contributed by atoms with Gasteiger partial charge >= 0.3 is 0 Å². The van der Waals surface area contributed by atoms with Crippen LogP contribution in [0.1, 0.15) is 22.3 Å². The molecule has 13 rings (SSSR count). The monoisotopic (exact) mass is 851 g/mol. The maximum atomic E-state index is 5.46. The van der Waals surface area contributed by atoms with E-state index in [9.17, 15) is 0 Å². The van der Waals surface area contributed by atoms with Crippen molar-refractivity contribution in [2.45, 2.75) is 5.41 Å². The second-order valence-corrected chi connectivity index (χ2v) is 17.4. The number of aromatic nitrogens is 3. The first kappa shape index (κ1) is 38.6. The van der Waals surface area contributed by atoms with Crippen LogP contribution in [0.2, 0.25) is 0 Å². The molecule has 3 heteroatoms. The van der Waals surface area contributed by atoms with Gasteiger partial charge in [-0.3, -0.25) is 0 Å². The Balaban J connectivity index is 0.927. The molecule has 312 valence electrons. The Bertz CT molecular complexity index is 3790. The second-order valence-electron chi connectivity index (χ2n) is 17.4. The van der Waals surface area contributed by atoms with Crippen molar-refractivity contribution >= 4 is 32.6 Å². The minimum Gasteiger partial charge on any atom is -0.247 e. The zero-order valence-electron chi connectivity index (χ0n) is 36.5. The first-order valence-corrected chi connectivity index (χ1v) is 22.9. The van der Waals surface area contributed by atoms with Crippen LogP contribution in [0.5, 0.6) is 0 Å². The molecule has 1 aliphatic rings. The third kappa shape index (κ3) is 6.24. The quantitative estimate of drug-likeness (QED) is 0.150. The summed E-state index contributed by atoms with van der Waals surface area (Å²) in [5.41, 5.74) is 18.6. The fourth-order valence-electron chi connectivity index (χ4n) is 10.7. The lowest BCUT2D eigenvalue weighted by Crippen LogP contribution is -2.28. The fraction of sp³-hybridized carbons (Fsp3) is 0.0156. The van der Waals surface area contributed by atoms with Gasteiger partial charge < -0.3 is 0 Å². The van der Waals surface area contributed by atoms with Crippen LogP contribution in [0.3, 0.4) is 0 Å². The first-order valence-electron chi connectivity index (χ1n) is 22.9. The normalized spacial score (nSPS) is 12.6. The minimum atomic E-state index is -0.493. The molecule has 0 bridgehead atoms. The Hall–Kier alpha value is -8.79. The van der Waals surface area contributed by atoms with Crippen LogP contribution in [0.15, 0.2) is 249 Å². The van der Waals surface area contributed by atoms with Crippen LogP contribution < -0.4 is 0 Å². The van der Waals surface area contributed by atoms with Gasteiger partial charge in [0.2, 0.25) is 0 Å². The van der Waals surface area contributed by atoms with Crippen molar-refractivity contribution in [3.63, 3.8) is 0 Å². The van der Waals surface area contributed by atoms with Crippen LogP contribution in [0, 0.1) is 0 Å². The molecule has 0 N–H and O–H groups in total. The maximum absolute atomic E-state index is 5.46. The Kier molecular flexibility index (Phi) is 9.07. The summed E-state index contributed by atoms with van der Waals surface area (Å²) in [4.78, 5) is 15.7. The second kappa shape index (κ2) is 15.7. The van der Waals surface area contributed by atoms with E-state index in [1.54, 1.807) is 0 Å². The van der Waals surface area contributed by atoms with Crippen LogP contribution in [0.25, 0.3) is 99.9 Å². The molecule has 0 atom stereocenters. The van der Waals surface area contributed by atoms with Gasteiger partial charge in [-0.25, -0.2) is 15.0 Å². The van der Waals surface area contributed by atoms with Crippen LogP contribution >= 0.6 is 0 Å². The predicted octanol–water partition coefficient (Wildman–Crippen LogP) is 16.0. The average molecular weight is 852 g/mol. The summed E-state index contributed by atoms with van der Waals surface area (Å²) in [6.45, 7) is 0. The molecule has 0 aliphatic heterocycles. The zero-order chi connectivity index (χ0) is 44.3. The van der Waals surface area contributed by atoms with Gasteiger partial charge in [-0.05, 0) is 73.8 Å². The molecule has 2 heterocycles. The number of hydrogen-bond donors (Lipinski definition) is 0. The highest BCUT2D eigenvalue weighted by Crippen LogP contribution is 2.58. The molecule has 0 fully saturated rings. The van der Waals surface area contributed by atoms with Gasteiger partial charge in [0, 0.05) is 38.2 Å². The number of pyridine rings is 1. The van der Waals surface area contributed by atoms with E-state index in [2.05, 4.69) is 237 Å². The van der Waals surface area contributed by atoms with Crippen molar-refractivity contribution in [2.75, 3.05) is 0 Å². The summed E-state index contributed by atoms with van der Waals surface area (Å²) >= 11 is 0. The molecule has 0 saturated carbocycles. The summed E-state index contributed by atoms with van der Waals surface area (Å²) < 4.78 is 0. The van der Waals surface area contributed by atoms with Crippen molar-refractivity contribution in [2.24, 2.45) is 0 Å². The van der Waals surface area contributed by atoms with Gasteiger partial charge in [0.15, 0.2) is 5.82 Å². The molecule has 12 aromatic rings. The van der Waals surface area contributed by atoms with Crippen molar-refractivity contribution < 1.29 is 0 Å². The number of hydrogen-bond acceptors (Lipinski definition) is 3. The molecule has 67 heavy (non-hydrogen) atoms. The average Bonchev–Trinajstić information content (AvgIpc) is 3.72. The van der Waals surface area contributed by atoms with Gasteiger partial charge in [0.05, 0.1) is 27.8 Å². The minimum absolute atomic E-state index is 0.493. The summed E-state index contributed by atoms with van der Waals surface area (Å²) in [5, 5.41) is 4.55. The van der Waals surface area contributed by atoms with Crippen molar-refractivity contribution in [1.29, 1.82) is 0 Å². The third-order valence-electron chi connectivity index (χ3n) is 13.8. The Morgan fingerprint density at radius 2 is 0.791 bits per heavy atom. The van der Waals surface area contributed by atoms with E-state index in [1.165, 1.54) is 44.3 Å². The van der Waals surface area contributed by atoms with Gasteiger partial charge in [0.1, 0.15) is 0 Å². The third-order valence-corrected chi connectivity index (χ3v) is 13.8. The number of benzene rings is 10. The summed E-state index contributed by atoms with van der Waals surface area (Å²) in [6.07, 6.45) is 0. The van der Waals surface area contributed by atoms with Crippen LogP contribution in [0.4, 0.5) is 0 Å². The van der Waals surface area contributed by atoms with Crippen LogP contribution in [-0.4, -0.2) is 15.0 Å². The molecule has 0 spiro atoms. The summed E-state index contributed by atoms with van der Waals surface area (Å²) in [6, 6.07) is 89.3. The molecular formula is C64H41N3. The molecule has 0 amide bonds. The Morgan fingerprint density at radius 1 is 0.284 bits per heavy atom. The lowest BCUT2D eigenvalue weighted by Gasteiger charge is -2.34. The van der Waals surface area contributed by atoms with E-state index in [0.717, 1.165) is 72.0 Å². The number of para-hydroxylation sites is 2. The van der Waals surface area contributed by atoms with Gasteiger partial charge in [-0.2, -0.15) is 0 Å². The lowest BCUT2D eigenvalue weighted by atomic mass is 9.67. The topological polar surface area (TPSA) is 38.7 Å². The van der Waals surface area contributed by atoms with Gasteiger partial charge in [0.25, 0.3) is 0 Å². The summed E-state index contributed by atoms with van der Waals surface area (Å²) in [7, 11) is 0. The highest BCUT2D eigenvalue weighted by molar-refractivity contribution is 6.19. The Labute approximate surface area is 389 Å². The Morgan fingerprint density at radius 3 is 1.51 bits per heavy atom. The smallest absolute Gasteiger partial charge is 0.160 e. The van der Waals surface area contributed by atoms with E-state index in [0.29, 0.717) is 5.82 Å². The molecule has 1 aliphatic carbocycles. The van der Waals surface area contributed by atoms with E-state index in [1.807, 2.05) is 12.1 Å². The standard InChI is InChI=1S/C64H41N3/c1-4-17-42(18-5-1)43-33-37-46(38-34-43)63-66-58-30-15-12-27-53(58)61(67-63)45-35-31-44(32-36-45)47-19-16-20-48(41-47)62-54-39-40-56-60(59(54)52-26-11-14-29-57(52)65-62)51-25-10-13-28-55(51)64(56,49-21-6-2-7-22-49)50-23-8-3-9-24-50/h1-41H. The predicted molar refractivity (Wildman–Crippen MR) is 277 cm³/mol. The fourth-order valence-corrected chi connectivity index (χ4v) is 10.7. The summed E-state index contributed by atoms with van der Waals surface area (Å²) in [5.74, 6) is 0.708. The largest absolute Gasteiger partial charge is 0.247 e. The first-order chi connectivity index (χ1) is 33.2. The molecule has 0 radical (unpaired) electrons. The maximum Gasteiger partial charge on any atom is 0.160 e. The SMILES string of the molecule is c1ccc(-c2ccc(-c3nc(-c4ccc(-c5cccc(-c6nc7ccccc7c7c8c(ccc67)C(c6ccccc6)(c6ccccc6)c6ccccc6-8)c5)cc4)c4ccccc4n3)cc2)cc1. The zero-order valence-corrected chi connectivity index (χ0v) is 36.5. The van der Waals surface area contributed by atoms with E-state index in [-0.39, 0.29) is 0 Å². The molecule has 3 nitrogen and oxygen atoms in total. The number of rotatable bonds is 7. The molecule has 0 unspecified atom stereocenters. The number of nitrogens with zero attached hydrogens (tertiary/aromatic N) is 3. The van der Waals surface area contributed by atoms with Crippen molar-refractivity contribution in [1.82, 2.24) is 15.0 Å². The number of fused-ring (bicyclic) bond motifs is 8. The molecular weight excluding hydrogens is 811 g/mol. The van der Waals surface area contributed by atoms with E-state index >= 15 is 0 Å². The van der Waals surface area contributed by atoms with Crippen LogP contribution in [-0.2, 0) is 5.41 Å². The molecule has 10 aromatic carbocycles.